The fourth-order valence-corrected chi connectivity index (χ4v) is 3.60. The van der Waals surface area contributed by atoms with E-state index in [4.69, 9.17) is 0 Å². The summed E-state index contributed by atoms with van der Waals surface area (Å²) in [7, 11) is 0. The maximum Gasteiger partial charge on any atom is 0.408 e. The van der Waals surface area contributed by atoms with Gasteiger partial charge in [-0.15, -0.1) is 0 Å². The molecule has 0 aromatic carbocycles. The monoisotopic (exact) mass is 485 g/mol. The summed E-state index contributed by atoms with van der Waals surface area (Å²) in [5, 5.41) is 5.21. The van der Waals surface area contributed by atoms with E-state index in [0.717, 1.165) is 31.8 Å². The molecule has 4 heterocycles. The van der Waals surface area contributed by atoms with E-state index >= 15 is 0 Å². The number of hydrogen-bond acceptors (Lipinski definition) is 7. The molecule has 0 aliphatic heterocycles. The van der Waals surface area contributed by atoms with E-state index < -0.39 is 23.9 Å². The third kappa shape index (κ3) is 4.63. The molecule has 35 heavy (non-hydrogen) atoms. The number of aromatic amines is 1. The molecule has 1 saturated carbocycles. The van der Waals surface area contributed by atoms with Crippen LogP contribution in [0.3, 0.4) is 0 Å². The van der Waals surface area contributed by atoms with Crippen LogP contribution in [0.5, 0.6) is 0 Å². The van der Waals surface area contributed by atoms with E-state index in [1.165, 1.54) is 18.3 Å². The van der Waals surface area contributed by atoms with Gasteiger partial charge in [-0.2, -0.15) is 17.6 Å². The Balaban J connectivity index is 1.40. The Labute approximate surface area is 196 Å². The minimum absolute atomic E-state index is 0.0250. The van der Waals surface area contributed by atoms with Gasteiger partial charge in [-0.3, -0.25) is 9.78 Å². The summed E-state index contributed by atoms with van der Waals surface area (Å²) in [6.07, 6.45) is 1.67. The molecule has 1 atom stereocenters. The maximum absolute atomic E-state index is 14.8. The van der Waals surface area contributed by atoms with Gasteiger partial charge < -0.3 is 15.6 Å². The molecule has 8 nitrogen and oxygen atoms in total. The topological polar surface area (TPSA) is 108 Å². The summed E-state index contributed by atoms with van der Waals surface area (Å²) in [6, 6.07) is 4.48. The van der Waals surface area contributed by atoms with Crippen molar-refractivity contribution >= 4 is 34.1 Å². The Morgan fingerprint density at radius 3 is 2.57 bits per heavy atom. The number of nitrogens with one attached hydrogen (secondary N) is 3. The zero-order valence-electron chi connectivity index (χ0n) is 18.3. The van der Waals surface area contributed by atoms with E-state index in [9.17, 15) is 22.4 Å². The first-order valence-electron chi connectivity index (χ1n) is 10.8. The number of rotatable bonds is 7. The van der Waals surface area contributed by atoms with E-state index in [1.54, 1.807) is 6.20 Å². The first-order chi connectivity index (χ1) is 16.7. The molecule has 12 heteroatoms. The van der Waals surface area contributed by atoms with Crippen molar-refractivity contribution in [3.05, 3.63) is 65.8 Å². The van der Waals surface area contributed by atoms with Crippen molar-refractivity contribution in [2.45, 2.75) is 37.9 Å². The molecule has 0 bridgehead atoms. The van der Waals surface area contributed by atoms with Crippen molar-refractivity contribution in [2.24, 2.45) is 0 Å². The van der Waals surface area contributed by atoms with Crippen LogP contribution in [-0.2, 0) is 0 Å². The Morgan fingerprint density at radius 2 is 1.91 bits per heavy atom. The summed E-state index contributed by atoms with van der Waals surface area (Å²) in [5.74, 6) is -1.33. The Bertz CT molecular complexity index is 1400. The number of ketones is 1. The van der Waals surface area contributed by atoms with Crippen LogP contribution in [0.25, 0.3) is 11.0 Å². The number of anilines is 3. The number of pyridine rings is 2. The van der Waals surface area contributed by atoms with Gasteiger partial charge in [0.05, 0.1) is 28.4 Å². The minimum Gasteiger partial charge on any atom is -0.358 e. The van der Waals surface area contributed by atoms with Crippen molar-refractivity contribution in [3.8, 4) is 0 Å². The van der Waals surface area contributed by atoms with E-state index in [0.29, 0.717) is 11.6 Å². The fraction of sp³-hybridized carbons (Fsp3) is 0.261. The quantitative estimate of drug-likeness (QED) is 0.190. The number of hydrogen-bond donors (Lipinski definition) is 3. The van der Waals surface area contributed by atoms with Crippen LogP contribution < -0.4 is 10.6 Å². The largest absolute Gasteiger partial charge is 0.408 e. The van der Waals surface area contributed by atoms with Crippen molar-refractivity contribution in [1.29, 1.82) is 0 Å². The molecule has 1 unspecified atom stereocenters. The summed E-state index contributed by atoms with van der Waals surface area (Å²) in [6.45, 7) is 0.923. The maximum atomic E-state index is 14.8. The molecule has 0 amide bonds. The lowest BCUT2D eigenvalue weighted by molar-refractivity contribution is -0.138. The second-order valence-electron chi connectivity index (χ2n) is 8.29. The smallest absolute Gasteiger partial charge is 0.358 e. The molecule has 0 radical (unpaired) electrons. The lowest BCUT2D eigenvalue weighted by atomic mass is 10.0. The average Bonchev–Trinajstić information content (AvgIpc) is 3.57. The molecule has 180 valence electrons. The van der Waals surface area contributed by atoms with E-state index in [-0.39, 0.29) is 33.8 Å². The summed E-state index contributed by atoms with van der Waals surface area (Å²) < 4.78 is 54.0. The molecule has 1 aliphatic carbocycles. The third-order valence-electron chi connectivity index (χ3n) is 5.71. The third-order valence-corrected chi connectivity index (χ3v) is 5.71. The number of halogens is 4. The Kier molecular flexibility index (Phi) is 5.58. The van der Waals surface area contributed by atoms with Gasteiger partial charge in [0.25, 0.3) is 0 Å². The lowest BCUT2D eigenvalue weighted by Gasteiger charge is -2.18. The molecule has 4 aromatic heterocycles. The van der Waals surface area contributed by atoms with Crippen LogP contribution in [0.4, 0.5) is 34.9 Å². The highest BCUT2D eigenvalue weighted by Gasteiger charge is 2.37. The number of carbonyl (C=O) groups is 1. The molecule has 0 spiro atoms. The second-order valence-corrected chi connectivity index (χ2v) is 8.29. The number of carbonyl (C=O) groups excluding carboxylic acids is 1. The van der Waals surface area contributed by atoms with Crippen LogP contribution in [0, 0.1) is 5.95 Å². The predicted octanol–water partition coefficient (Wildman–Crippen LogP) is 5.10. The van der Waals surface area contributed by atoms with Crippen molar-refractivity contribution in [1.82, 2.24) is 24.9 Å². The highest BCUT2D eigenvalue weighted by atomic mass is 19.4. The van der Waals surface area contributed by atoms with Gasteiger partial charge in [0.2, 0.25) is 5.95 Å². The van der Waals surface area contributed by atoms with Crippen LogP contribution in [-0.4, -0.2) is 42.9 Å². The van der Waals surface area contributed by atoms with Crippen molar-refractivity contribution in [3.63, 3.8) is 0 Å². The van der Waals surface area contributed by atoms with Crippen LogP contribution in [0.1, 0.15) is 47.3 Å². The van der Waals surface area contributed by atoms with Gasteiger partial charge in [0, 0.05) is 17.8 Å². The van der Waals surface area contributed by atoms with Crippen LogP contribution in [0.2, 0.25) is 0 Å². The first-order valence-corrected chi connectivity index (χ1v) is 10.8. The normalized spacial score (nSPS) is 14.7. The Hall–Kier alpha value is -4.09. The standard InChI is InChI=1S/C23H19F4N7O/c1-11(23(25,26)27)32-22-18-15(9-29-21(18)30-10-31-22)19(35)14-5-7-17(34-20(14)24)33-13-4-6-16(28-8-13)12-2-3-12/h4-12H,2-3H2,1H3,(H,33,34)(H2,29,30,31,32). The average molecular weight is 485 g/mol. The summed E-state index contributed by atoms with van der Waals surface area (Å²) >= 11 is 0. The highest BCUT2D eigenvalue weighted by molar-refractivity contribution is 6.18. The van der Waals surface area contributed by atoms with Gasteiger partial charge >= 0.3 is 6.18 Å². The molecule has 5 rings (SSSR count). The van der Waals surface area contributed by atoms with Gasteiger partial charge in [-0.1, -0.05) is 0 Å². The first kappa shape index (κ1) is 22.7. The summed E-state index contributed by atoms with van der Waals surface area (Å²) in [4.78, 5) is 31.8. The second kappa shape index (κ2) is 8.60. The van der Waals surface area contributed by atoms with Crippen molar-refractivity contribution in [2.75, 3.05) is 10.6 Å². The summed E-state index contributed by atoms with van der Waals surface area (Å²) in [5.41, 5.74) is 1.32. The lowest BCUT2D eigenvalue weighted by Crippen LogP contribution is -2.33. The number of aromatic nitrogens is 5. The van der Waals surface area contributed by atoms with Gasteiger partial charge in [0.1, 0.15) is 29.7 Å². The minimum atomic E-state index is -4.54. The molecule has 3 N–H and O–H groups in total. The molecular formula is C23H19F4N7O. The molecule has 0 saturated heterocycles. The number of alkyl halides is 3. The molecule has 1 fully saturated rings. The van der Waals surface area contributed by atoms with Gasteiger partial charge in [0.15, 0.2) is 5.78 Å². The number of H-pyrrole nitrogens is 1. The van der Waals surface area contributed by atoms with Gasteiger partial charge in [-0.25, -0.2) is 15.0 Å². The predicted molar refractivity (Wildman–Crippen MR) is 120 cm³/mol. The fourth-order valence-electron chi connectivity index (χ4n) is 3.60. The molecular weight excluding hydrogens is 466 g/mol. The number of fused-ring (bicyclic) bond motifs is 1. The van der Waals surface area contributed by atoms with Gasteiger partial charge in [-0.05, 0) is 44.0 Å². The Morgan fingerprint density at radius 1 is 1.11 bits per heavy atom. The molecule has 4 aromatic rings. The zero-order valence-corrected chi connectivity index (χ0v) is 18.3. The van der Waals surface area contributed by atoms with Crippen LogP contribution >= 0.6 is 0 Å². The van der Waals surface area contributed by atoms with E-state index in [2.05, 4.69) is 35.6 Å². The number of nitrogens with zero attached hydrogens (tertiary/aromatic N) is 4. The van der Waals surface area contributed by atoms with E-state index in [1.807, 2.05) is 12.1 Å². The SMILES string of the molecule is CC(Nc1ncnc2[nH]cc(C(=O)c3ccc(Nc4ccc(C5CC5)nc4)nc3F)c12)C(F)(F)F. The van der Waals surface area contributed by atoms with Crippen molar-refractivity contribution < 1.29 is 22.4 Å². The molecule has 1 aliphatic rings. The zero-order chi connectivity index (χ0) is 24.7. The van der Waals surface area contributed by atoms with Crippen LogP contribution in [0.15, 0.2) is 43.0 Å². The highest BCUT2D eigenvalue weighted by Crippen LogP contribution is 2.39.